The molecule has 3 amide bonds. The summed E-state index contributed by atoms with van der Waals surface area (Å²) in [5, 5.41) is 26.3. The Kier molecular flexibility index (Phi) is 16.2. The standard InChI is InChI=1S/C43H66ClN3O10/c1-14-41(6,7)42(8,9)19-18-35(48)46(10)28(5)39(51)56-31-23-36(49)47(11)30-21-29(22-32(54-12)37(30)44)20-25(2)16-15-17-34(55-13)43(53)24-33(57-40(52)45-43)27(4)38(50)26(31)3/h15-17,21-22,26-28,31,33-34,38,50,53H,14,18-20,23-24H2,1-13H3,(H,45,52)/b17-15+,25-16+/t26-,27-,28+,31+,33+,34-,38-,43+/m1/s1. The van der Waals surface area contributed by atoms with E-state index in [0.29, 0.717) is 24.3 Å². The Bertz CT molecular complexity index is 1680. The molecule has 57 heavy (non-hydrogen) atoms. The minimum absolute atomic E-state index is 0.00738. The van der Waals surface area contributed by atoms with Crippen molar-refractivity contribution >= 4 is 41.2 Å². The van der Waals surface area contributed by atoms with Crippen LogP contribution in [0, 0.1) is 22.7 Å². The maximum atomic E-state index is 14.2. The van der Waals surface area contributed by atoms with Gasteiger partial charge in [0.1, 0.15) is 35.1 Å². The molecule has 2 aliphatic heterocycles. The van der Waals surface area contributed by atoms with Crippen LogP contribution in [0.15, 0.2) is 35.9 Å². The molecule has 13 nitrogen and oxygen atoms in total. The minimum Gasteiger partial charge on any atom is -0.495 e. The number of aliphatic hydroxyl groups excluding tert-OH is 1. The molecular weight excluding hydrogens is 754 g/mol. The van der Waals surface area contributed by atoms with Gasteiger partial charge >= 0.3 is 12.1 Å². The number of rotatable bonds is 10. The summed E-state index contributed by atoms with van der Waals surface area (Å²) in [6.07, 6.45) is 1.48. The molecule has 0 spiro atoms. The SMILES string of the molecule is CCC(C)(C)C(C)(C)CCC(=O)N(C)[C@@H](C)C(=O)O[C@H]1CC(=O)N(C)c2cc(cc(OC)c2Cl)C/C(C)=C/C=C/[C@@H](OC)[C@@]2(O)C[C@H](OC(=O)N2)[C@@H](C)[C@H](O)[C@@H]1C. The van der Waals surface area contributed by atoms with Crippen molar-refractivity contribution < 1.29 is 48.3 Å². The summed E-state index contributed by atoms with van der Waals surface area (Å²) in [6, 6.07) is 2.54. The van der Waals surface area contributed by atoms with Crippen LogP contribution < -0.4 is 15.0 Å². The highest BCUT2D eigenvalue weighted by molar-refractivity contribution is 6.35. The van der Waals surface area contributed by atoms with Gasteiger partial charge in [-0.25, -0.2) is 9.59 Å². The number of likely N-dealkylation sites (N-methyl/N-ethyl adjacent to an activating group) is 1. The molecular formula is C43H66ClN3O10. The summed E-state index contributed by atoms with van der Waals surface area (Å²) in [6.45, 7) is 17.5. The van der Waals surface area contributed by atoms with Gasteiger partial charge in [0, 0.05) is 45.9 Å². The molecule has 0 saturated carbocycles. The lowest BCUT2D eigenvalue weighted by Gasteiger charge is -2.43. The highest BCUT2D eigenvalue weighted by atomic mass is 35.5. The number of fused-ring (bicyclic) bond motifs is 4. The van der Waals surface area contributed by atoms with Crippen molar-refractivity contribution in [1.29, 1.82) is 0 Å². The molecule has 3 rings (SSSR count). The van der Waals surface area contributed by atoms with E-state index in [1.54, 1.807) is 59.2 Å². The van der Waals surface area contributed by atoms with E-state index in [0.717, 1.165) is 17.6 Å². The van der Waals surface area contributed by atoms with Crippen LogP contribution in [0.1, 0.15) is 100.0 Å². The quantitative estimate of drug-likeness (QED) is 0.219. The van der Waals surface area contributed by atoms with Crippen molar-refractivity contribution in [1.82, 2.24) is 10.2 Å². The molecule has 0 aromatic heterocycles. The van der Waals surface area contributed by atoms with E-state index in [4.69, 9.17) is 30.5 Å². The number of carbonyl (C=O) groups is 4. The third kappa shape index (κ3) is 11.3. The number of alkyl carbamates (subject to hydrolysis) is 1. The van der Waals surface area contributed by atoms with Crippen LogP contribution in [0.5, 0.6) is 5.75 Å². The van der Waals surface area contributed by atoms with Gasteiger partial charge in [0.2, 0.25) is 11.8 Å². The molecule has 320 valence electrons. The molecule has 1 aromatic rings. The second-order valence-corrected chi connectivity index (χ2v) is 17.6. The number of halogens is 1. The lowest BCUT2D eigenvalue weighted by Crippen LogP contribution is -2.64. The van der Waals surface area contributed by atoms with Crippen molar-refractivity contribution in [3.63, 3.8) is 0 Å². The lowest BCUT2D eigenvalue weighted by molar-refractivity contribution is -0.167. The van der Waals surface area contributed by atoms with Crippen molar-refractivity contribution in [2.24, 2.45) is 22.7 Å². The summed E-state index contributed by atoms with van der Waals surface area (Å²) < 4.78 is 22.9. The van der Waals surface area contributed by atoms with Gasteiger partial charge in [-0.3, -0.25) is 14.9 Å². The number of esters is 1. The van der Waals surface area contributed by atoms with E-state index in [2.05, 4.69) is 39.9 Å². The number of methoxy groups -OCH3 is 2. The van der Waals surface area contributed by atoms with E-state index >= 15 is 0 Å². The molecule has 0 radical (unpaired) electrons. The van der Waals surface area contributed by atoms with Crippen LogP contribution in [0.25, 0.3) is 0 Å². The molecule has 8 atom stereocenters. The van der Waals surface area contributed by atoms with Gasteiger partial charge in [-0.2, -0.15) is 0 Å². The third-order valence-corrected chi connectivity index (χ3v) is 13.3. The first kappa shape index (κ1) is 47.7. The van der Waals surface area contributed by atoms with Crippen molar-refractivity contribution in [2.45, 2.75) is 137 Å². The molecule has 3 N–H and O–H groups in total. The van der Waals surface area contributed by atoms with E-state index in [-0.39, 0.29) is 41.0 Å². The summed E-state index contributed by atoms with van der Waals surface area (Å²) in [5.41, 5.74) is 0.0187. The zero-order chi connectivity index (χ0) is 43.2. The molecule has 0 aliphatic carbocycles. The Balaban J connectivity index is 2.05. The number of ether oxygens (including phenoxy) is 4. The Morgan fingerprint density at radius 1 is 1.14 bits per heavy atom. The summed E-state index contributed by atoms with van der Waals surface area (Å²) in [5.74, 6) is -2.83. The fourth-order valence-corrected chi connectivity index (χ4v) is 7.54. The van der Waals surface area contributed by atoms with Gasteiger partial charge in [0.15, 0.2) is 5.72 Å². The van der Waals surface area contributed by atoms with E-state index in [9.17, 15) is 29.4 Å². The average molecular weight is 820 g/mol. The first-order valence-corrected chi connectivity index (χ1v) is 20.2. The van der Waals surface area contributed by atoms with Crippen LogP contribution in [0.4, 0.5) is 10.5 Å². The van der Waals surface area contributed by atoms with Crippen LogP contribution in [0.2, 0.25) is 5.02 Å². The second-order valence-electron chi connectivity index (χ2n) is 17.2. The van der Waals surface area contributed by atoms with Gasteiger partial charge in [-0.15, -0.1) is 0 Å². The van der Waals surface area contributed by atoms with E-state index < -0.39 is 66.0 Å². The minimum atomic E-state index is -1.90. The van der Waals surface area contributed by atoms with Crippen molar-refractivity contribution in [3.05, 3.63) is 46.5 Å². The predicted molar refractivity (Wildman–Crippen MR) is 220 cm³/mol. The fourth-order valence-electron chi connectivity index (χ4n) is 7.22. The van der Waals surface area contributed by atoms with Gasteiger partial charge < -0.3 is 39.0 Å². The number of benzene rings is 1. The Morgan fingerprint density at radius 2 is 1.79 bits per heavy atom. The molecule has 14 heteroatoms. The maximum absolute atomic E-state index is 14.2. The van der Waals surface area contributed by atoms with Crippen LogP contribution in [0.3, 0.4) is 0 Å². The monoisotopic (exact) mass is 819 g/mol. The summed E-state index contributed by atoms with van der Waals surface area (Å²) in [4.78, 5) is 57.1. The molecule has 1 fully saturated rings. The van der Waals surface area contributed by atoms with E-state index in [1.807, 2.05) is 13.0 Å². The number of carbonyl (C=O) groups excluding carboxylic acids is 4. The lowest BCUT2D eigenvalue weighted by atomic mass is 9.64. The summed E-state index contributed by atoms with van der Waals surface area (Å²) in [7, 11) is 5.99. The number of hydrogen-bond donors (Lipinski definition) is 3. The fraction of sp³-hybridized carbons (Fsp3) is 0.674. The molecule has 4 bridgehead atoms. The molecule has 0 unspecified atom stereocenters. The zero-order valence-corrected chi connectivity index (χ0v) is 36.9. The molecule has 1 saturated heterocycles. The van der Waals surface area contributed by atoms with Crippen molar-refractivity contribution in [3.8, 4) is 5.75 Å². The second kappa shape index (κ2) is 19.4. The molecule has 2 aliphatic rings. The normalized spacial score (nSPS) is 28.6. The summed E-state index contributed by atoms with van der Waals surface area (Å²) >= 11 is 6.77. The van der Waals surface area contributed by atoms with Gasteiger partial charge in [0.05, 0.1) is 25.3 Å². The highest BCUT2D eigenvalue weighted by Crippen LogP contribution is 2.44. The van der Waals surface area contributed by atoms with Crippen LogP contribution in [-0.2, 0) is 35.0 Å². The molecule has 2 heterocycles. The van der Waals surface area contributed by atoms with Crippen LogP contribution in [-0.4, -0.2) is 103 Å². The Labute approximate surface area is 344 Å². The first-order valence-electron chi connectivity index (χ1n) is 19.8. The number of nitrogens with one attached hydrogen (secondary N) is 1. The average Bonchev–Trinajstić information content (AvgIpc) is 3.15. The van der Waals surface area contributed by atoms with Gasteiger partial charge in [0.25, 0.3) is 0 Å². The number of hydrogen-bond acceptors (Lipinski definition) is 10. The third-order valence-electron chi connectivity index (χ3n) is 12.9. The number of anilines is 1. The number of aliphatic hydroxyl groups is 2. The predicted octanol–water partition coefficient (Wildman–Crippen LogP) is 6.60. The Morgan fingerprint density at radius 3 is 2.39 bits per heavy atom. The topological polar surface area (TPSA) is 164 Å². The zero-order valence-electron chi connectivity index (χ0n) is 36.1. The highest BCUT2D eigenvalue weighted by Gasteiger charge is 2.49. The van der Waals surface area contributed by atoms with E-state index in [1.165, 1.54) is 24.0 Å². The van der Waals surface area contributed by atoms with Crippen molar-refractivity contribution in [2.75, 3.05) is 33.2 Å². The first-order chi connectivity index (χ1) is 26.4. The van der Waals surface area contributed by atoms with Crippen LogP contribution >= 0.6 is 11.6 Å². The smallest absolute Gasteiger partial charge is 0.409 e. The number of amides is 3. The maximum Gasteiger partial charge on any atom is 0.409 e. The van der Waals surface area contributed by atoms with Gasteiger partial charge in [-0.05, 0) is 55.2 Å². The number of allylic oxidation sites excluding steroid dienone is 3. The molecule has 1 aromatic carbocycles. The largest absolute Gasteiger partial charge is 0.495 e. The number of nitrogens with zero attached hydrogens (tertiary/aromatic N) is 2. The Hall–Kier alpha value is -3.65. The van der Waals surface area contributed by atoms with Gasteiger partial charge in [-0.1, -0.05) is 90.3 Å².